The quantitative estimate of drug-likeness (QED) is 0.355. The maximum atomic E-state index is 13.2. The Bertz CT molecular complexity index is 340. The van der Waals surface area contributed by atoms with Crippen LogP contribution in [0.3, 0.4) is 0 Å². The SMILES string of the molecule is CC(C)C(=O)O[C@H](OC(=O)NC[C@@H](F)CP(O)O)C(C)C. The van der Waals surface area contributed by atoms with E-state index in [4.69, 9.17) is 19.3 Å². The molecule has 21 heavy (non-hydrogen) atoms. The molecule has 0 aromatic rings. The van der Waals surface area contributed by atoms with Crippen LogP contribution >= 0.6 is 8.38 Å². The molecule has 0 spiro atoms. The molecule has 0 aliphatic rings. The Morgan fingerprint density at radius 3 is 2.19 bits per heavy atom. The molecule has 0 aromatic carbocycles. The fourth-order valence-corrected chi connectivity index (χ4v) is 1.61. The van der Waals surface area contributed by atoms with Crippen LogP contribution in [-0.2, 0) is 14.3 Å². The van der Waals surface area contributed by atoms with E-state index in [9.17, 15) is 14.0 Å². The first-order chi connectivity index (χ1) is 9.63. The van der Waals surface area contributed by atoms with E-state index in [-0.39, 0.29) is 11.8 Å². The molecule has 7 nitrogen and oxygen atoms in total. The number of nitrogens with one attached hydrogen (secondary N) is 1. The number of alkyl halides is 1. The van der Waals surface area contributed by atoms with Gasteiger partial charge in [-0.15, -0.1) is 0 Å². The monoisotopic (exact) mass is 327 g/mol. The van der Waals surface area contributed by atoms with Gasteiger partial charge in [0.15, 0.2) is 8.38 Å². The molecule has 0 radical (unpaired) electrons. The Balaban J connectivity index is 4.27. The maximum absolute atomic E-state index is 13.2. The van der Waals surface area contributed by atoms with Gasteiger partial charge in [0.1, 0.15) is 6.17 Å². The van der Waals surface area contributed by atoms with Crippen LogP contribution in [0.4, 0.5) is 9.18 Å². The summed E-state index contributed by atoms with van der Waals surface area (Å²) in [6.45, 7) is 6.29. The van der Waals surface area contributed by atoms with E-state index in [1.807, 2.05) is 0 Å². The summed E-state index contributed by atoms with van der Waals surface area (Å²) in [5, 5.41) is 2.14. The molecular weight excluding hydrogens is 304 g/mol. The lowest BCUT2D eigenvalue weighted by Gasteiger charge is -2.22. The second kappa shape index (κ2) is 9.87. The lowest BCUT2D eigenvalue weighted by molar-refractivity contribution is -0.178. The highest BCUT2D eigenvalue weighted by atomic mass is 31.2. The van der Waals surface area contributed by atoms with Gasteiger partial charge in [0.2, 0.25) is 0 Å². The minimum absolute atomic E-state index is 0.262. The largest absolute Gasteiger partial charge is 0.425 e. The molecule has 124 valence electrons. The minimum Gasteiger partial charge on any atom is -0.425 e. The standard InChI is InChI=1S/C12H23FNO6P/c1-7(2)10(15)19-11(8(3)4)20-12(16)14-5-9(13)6-21(17)18/h7-9,11,17-18H,5-6H2,1-4H3,(H,14,16)/t9-,11-/m1/s1. The Labute approximate surface area is 124 Å². The number of carbonyl (C=O) groups is 2. The number of ether oxygens (including phenoxy) is 2. The molecule has 0 heterocycles. The molecule has 0 aromatic heterocycles. The second-order valence-corrected chi connectivity index (χ2v) is 6.25. The normalized spacial score (nSPS) is 14.2. The zero-order chi connectivity index (χ0) is 16.6. The van der Waals surface area contributed by atoms with Gasteiger partial charge in [0.05, 0.1) is 18.6 Å². The van der Waals surface area contributed by atoms with Crippen molar-refractivity contribution in [3.8, 4) is 0 Å². The van der Waals surface area contributed by atoms with Gasteiger partial charge in [-0.3, -0.25) is 4.79 Å². The molecule has 0 rings (SSSR count). The van der Waals surface area contributed by atoms with Crippen LogP contribution in [0.5, 0.6) is 0 Å². The summed E-state index contributed by atoms with van der Waals surface area (Å²) < 4.78 is 23.1. The smallest absolute Gasteiger partial charge is 0.410 e. The van der Waals surface area contributed by atoms with Crippen molar-refractivity contribution >= 4 is 20.4 Å². The van der Waals surface area contributed by atoms with Gasteiger partial charge in [-0.2, -0.15) is 0 Å². The molecular formula is C12H23FNO6P. The van der Waals surface area contributed by atoms with Crippen LogP contribution in [0.15, 0.2) is 0 Å². The van der Waals surface area contributed by atoms with E-state index in [2.05, 4.69) is 5.32 Å². The summed E-state index contributed by atoms with van der Waals surface area (Å²) in [6.07, 6.45) is -4.04. The summed E-state index contributed by atoms with van der Waals surface area (Å²) in [5.74, 6) is -1.13. The Morgan fingerprint density at radius 1 is 1.19 bits per heavy atom. The first kappa shape index (κ1) is 20.0. The van der Waals surface area contributed by atoms with Gasteiger partial charge in [-0.05, 0) is 0 Å². The molecule has 0 fully saturated rings. The van der Waals surface area contributed by atoms with Crippen LogP contribution in [0.1, 0.15) is 27.7 Å². The average molecular weight is 327 g/mol. The number of hydrogen-bond acceptors (Lipinski definition) is 6. The molecule has 0 saturated carbocycles. The van der Waals surface area contributed by atoms with Crippen molar-refractivity contribution < 1.29 is 33.2 Å². The molecule has 1 amide bonds. The highest BCUT2D eigenvalue weighted by molar-refractivity contribution is 7.45. The Hall–Kier alpha value is -0.980. The Morgan fingerprint density at radius 2 is 1.76 bits per heavy atom. The minimum atomic E-state index is -2.35. The number of amides is 1. The topological polar surface area (TPSA) is 105 Å². The predicted octanol–water partition coefficient (Wildman–Crippen LogP) is 1.53. The summed E-state index contributed by atoms with van der Waals surface area (Å²) in [5.41, 5.74) is 0. The zero-order valence-corrected chi connectivity index (χ0v) is 13.5. The summed E-state index contributed by atoms with van der Waals surface area (Å²) in [7, 11) is -2.35. The van der Waals surface area contributed by atoms with Crippen molar-refractivity contribution in [1.29, 1.82) is 0 Å². The highest BCUT2D eigenvalue weighted by Gasteiger charge is 2.24. The Kier molecular flexibility index (Phi) is 9.41. The summed E-state index contributed by atoms with van der Waals surface area (Å²) in [4.78, 5) is 40.2. The summed E-state index contributed by atoms with van der Waals surface area (Å²) >= 11 is 0. The third-order valence-corrected chi connectivity index (χ3v) is 3.02. The number of rotatable bonds is 8. The molecule has 0 unspecified atom stereocenters. The molecule has 0 aliphatic carbocycles. The van der Waals surface area contributed by atoms with Crippen LogP contribution in [0.25, 0.3) is 0 Å². The van der Waals surface area contributed by atoms with Crippen molar-refractivity contribution in [1.82, 2.24) is 5.32 Å². The first-order valence-corrected chi connectivity index (χ1v) is 8.01. The molecule has 0 aliphatic heterocycles. The van der Waals surface area contributed by atoms with Crippen LogP contribution in [-0.4, -0.2) is 47.0 Å². The molecule has 0 saturated heterocycles. The van der Waals surface area contributed by atoms with Gasteiger partial charge < -0.3 is 24.6 Å². The second-order valence-electron chi connectivity index (χ2n) is 5.14. The zero-order valence-electron chi connectivity index (χ0n) is 12.6. The van der Waals surface area contributed by atoms with Crippen LogP contribution < -0.4 is 5.32 Å². The van der Waals surface area contributed by atoms with Crippen molar-refractivity contribution in [2.75, 3.05) is 12.7 Å². The fraction of sp³-hybridized carbons (Fsp3) is 0.833. The van der Waals surface area contributed by atoms with E-state index in [1.54, 1.807) is 27.7 Å². The number of hydrogen-bond donors (Lipinski definition) is 3. The van der Waals surface area contributed by atoms with Crippen molar-refractivity contribution in [3.05, 3.63) is 0 Å². The van der Waals surface area contributed by atoms with Crippen molar-refractivity contribution in [2.45, 2.75) is 40.2 Å². The van der Waals surface area contributed by atoms with Gasteiger partial charge >= 0.3 is 12.1 Å². The van der Waals surface area contributed by atoms with Crippen molar-refractivity contribution in [2.24, 2.45) is 11.8 Å². The van der Waals surface area contributed by atoms with Crippen LogP contribution in [0, 0.1) is 11.8 Å². The van der Waals surface area contributed by atoms with Crippen LogP contribution in [0.2, 0.25) is 0 Å². The first-order valence-electron chi connectivity index (χ1n) is 6.57. The van der Waals surface area contributed by atoms with Gasteiger partial charge in [-0.1, -0.05) is 27.7 Å². The predicted molar refractivity (Wildman–Crippen MR) is 75.2 cm³/mol. The van der Waals surface area contributed by atoms with Gasteiger partial charge in [-0.25, -0.2) is 9.18 Å². The van der Waals surface area contributed by atoms with E-state index in [1.165, 1.54) is 0 Å². The summed E-state index contributed by atoms with van der Waals surface area (Å²) in [6, 6.07) is 0. The van der Waals surface area contributed by atoms with Gasteiger partial charge in [0, 0.05) is 5.92 Å². The average Bonchev–Trinajstić information content (AvgIpc) is 2.34. The molecule has 2 atom stereocenters. The molecule has 9 heteroatoms. The van der Waals surface area contributed by atoms with Crippen molar-refractivity contribution in [3.63, 3.8) is 0 Å². The lowest BCUT2D eigenvalue weighted by atomic mass is 10.2. The van der Waals surface area contributed by atoms with E-state index >= 15 is 0 Å². The van der Waals surface area contributed by atoms with E-state index in [0.717, 1.165) is 0 Å². The molecule has 3 N–H and O–H groups in total. The maximum Gasteiger partial charge on any atom is 0.410 e. The molecule has 0 bridgehead atoms. The lowest BCUT2D eigenvalue weighted by Crippen LogP contribution is -2.38. The number of alkyl carbamates (subject to hydrolysis) is 1. The third kappa shape index (κ3) is 9.55. The number of carbonyl (C=O) groups excluding carboxylic acids is 2. The van der Waals surface area contributed by atoms with E-state index < -0.39 is 45.6 Å². The number of esters is 1. The highest BCUT2D eigenvalue weighted by Crippen LogP contribution is 2.24. The number of halogens is 1. The van der Waals surface area contributed by atoms with E-state index in [0.29, 0.717) is 0 Å². The van der Waals surface area contributed by atoms with Gasteiger partial charge in [0.25, 0.3) is 6.29 Å². The fourth-order valence-electron chi connectivity index (χ4n) is 1.13. The third-order valence-electron chi connectivity index (χ3n) is 2.30.